The number of rotatable bonds is 43. The Hall–Kier alpha value is -1.83. The van der Waals surface area contributed by atoms with Crippen molar-refractivity contribution in [2.24, 2.45) is 5.14 Å². The summed E-state index contributed by atoms with van der Waals surface area (Å²) in [6.07, 6.45) is 36.9. The molecule has 57 heavy (non-hydrogen) atoms. The molecule has 0 heterocycles. The summed E-state index contributed by atoms with van der Waals surface area (Å²) in [6, 6.07) is 0. The molecule has 0 aromatic carbocycles. The van der Waals surface area contributed by atoms with Crippen molar-refractivity contribution >= 4 is 22.0 Å². The van der Waals surface area contributed by atoms with Gasteiger partial charge in [0, 0.05) is 32.5 Å². The van der Waals surface area contributed by atoms with E-state index in [9.17, 15) is 28.2 Å². The van der Waals surface area contributed by atoms with Gasteiger partial charge in [-0.1, -0.05) is 141 Å². The van der Waals surface area contributed by atoms with Crippen LogP contribution in [0.2, 0.25) is 0 Å². The number of carbonyl (C=O) groups excluding carboxylic acids is 2. The number of esters is 2. The molecule has 0 saturated carbocycles. The minimum Gasteiger partial charge on any atom is -0.455 e. The lowest BCUT2D eigenvalue weighted by Gasteiger charge is -2.26. The second-order valence-corrected chi connectivity index (χ2v) is 17.2. The van der Waals surface area contributed by atoms with Gasteiger partial charge in [-0.25, -0.2) is 13.6 Å². The number of carbonyl (C=O) groups is 2. The van der Waals surface area contributed by atoms with Gasteiger partial charge in [0.15, 0.2) is 6.10 Å². The molecule has 4 N–H and O–H groups in total. The van der Waals surface area contributed by atoms with E-state index in [2.05, 4.69) is 38.2 Å². The molecule has 0 saturated heterocycles. The summed E-state index contributed by atoms with van der Waals surface area (Å²) in [5.41, 5.74) is -1.91. The van der Waals surface area contributed by atoms with Gasteiger partial charge in [-0.3, -0.25) is 14.5 Å². The fourth-order valence-electron chi connectivity index (χ4n) is 6.63. The first-order valence-electron chi connectivity index (χ1n) is 22.9. The van der Waals surface area contributed by atoms with Crippen LogP contribution in [0.4, 0.5) is 0 Å². The highest BCUT2D eigenvalue weighted by atomic mass is 32.2. The molecule has 0 aliphatic rings. The van der Waals surface area contributed by atoms with Crippen LogP contribution in [0.3, 0.4) is 0 Å². The van der Waals surface area contributed by atoms with Crippen LogP contribution in [0.5, 0.6) is 0 Å². The van der Waals surface area contributed by atoms with E-state index in [1.807, 2.05) is 0 Å². The quantitative estimate of drug-likeness (QED) is 0.0306. The minimum absolute atomic E-state index is 0.0257. The average molecular weight is 831 g/mol. The van der Waals surface area contributed by atoms with E-state index in [0.29, 0.717) is 32.5 Å². The molecule has 0 fully saturated rings. The third kappa shape index (κ3) is 36.9. The average Bonchev–Trinajstić information content (AvgIpc) is 3.17. The Morgan fingerprint density at radius 3 is 1.32 bits per heavy atom. The van der Waals surface area contributed by atoms with Gasteiger partial charge in [-0.15, -0.1) is 0 Å². The maximum absolute atomic E-state index is 12.9. The van der Waals surface area contributed by atoms with Crippen molar-refractivity contribution in [3.8, 4) is 0 Å². The summed E-state index contributed by atoms with van der Waals surface area (Å²) >= 11 is 0. The van der Waals surface area contributed by atoms with Gasteiger partial charge in [-0.2, -0.15) is 0 Å². The molecular weight excluding hydrogens is 745 g/mol. The highest BCUT2D eigenvalue weighted by Crippen LogP contribution is 2.17. The minimum atomic E-state index is -4.47. The van der Waals surface area contributed by atoms with E-state index >= 15 is 0 Å². The zero-order valence-corrected chi connectivity index (χ0v) is 37.2. The van der Waals surface area contributed by atoms with Crippen LogP contribution in [-0.2, 0) is 33.8 Å². The van der Waals surface area contributed by atoms with E-state index in [1.165, 1.54) is 77.0 Å². The second kappa shape index (κ2) is 40.9. The first-order valence-corrected chi connectivity index (χ1v) is 24.5. The van der Waals surface area contributed by atoms with Crippen molar-refractivity contribution in [3.63, 3.8) is 0 Å². The van der Waals surface area contributed by atoms with Crippen molar-refractivity contribution in [1.82, 2.24) is 4.90 Å². The number of nitrogens with two attached hydrogens (primary N) is 1. The Morgan fingerprint density at radius 2 is 0.930 bits per heavy atom. The maximum atomic E-state index is 12.9. The number of aliphatic hydroxyl groups excluding tert-OH is 2. The molecule has 0 bridgehead atoms. The fraction of sp³-hybridized carbons (Fsp3) is 0.867. The highest BCUT2D eigenvalue weighted by molar-refractivity contribution is 7.89. The van der Waals surface area contributed by atoms with Crippen molar-refractivity contribution in [2.45, 2.75) is 205 Å². The van der Waals surface area contributed by atoms with Gasteiger partial charge in [0.25, 0.3) is 15.5 Å². The first-order chi connectivity index (χ1) is 27.7. The molecule has 0 rings (SSSR count). The Bertz CT molecular complexity index is 1080. The molecule has 0 aliphatic carbocycles. The van der Waals surface area contributed by atoms with Crippen molar-refractivity contribution < 1.29 is 42.4 Å². The Labute approximate surface area is 349 Å². The number of hydrogen-bond acceptors (Lipinski definition) is 10. The molecule has 0 aromatic rings. The van der Waals surface area contributed by atoms with E-state index in [0.717, 1.165) is 77.0 Å². The highest BCUT2D eigenvalue weighted by Gasteiger charge is 2.38. The lowest BCUT2D eigenvalue weighted by Crippen LogP contribution is -2.47. The summed E-state index contributed by atoms with van der Waals surface area (Å²) in [5.74, 6) is -1.33. The number of aliphatic hydroxyl groups is 2. The van der Waals surface area contributed by atoms with Gasteiger partial charge in [0.05, 0.1) is 26.4 Å². The number of primary sulfonamides is 1. The second-order valence-electron chi connectivity index (χ2n) is 15.5. The summed E-state index contributed by atoms with van der Waals surface area (Å²) in [6.45, 7) is 5.01. The molecular formula is C45H86N2O9S. The molecule has 2 unspecified atom stereocenters. The molecule has 11 nitrogen and oxygen atoms in total. The van der Waals surface area contributed by atoms with E-state index < -0.39 is 33.5 Å². The predicted molar refractivity (Wildman–Crippen MR) is 233 cm³/mol. The van der Waals surface area contributed by atoms with Gasteiger partial charge >= 0.3 is 11.9 Å². The zero-order chi connectivity index (χ0) is 42.1. The fourth-order valence-corrected chi connectivity index (χ4v) is 7.43. The van der Waals surface area contributed by atoms with Crippen LogP contribution in [-0.4, -0.2) is 93.1 Å². The lowest BCUT2D eigenvalue weighted by molar-refractivity contribution is -0.166. The van der Waals surface area contributed by atoms with Crippen LogP contribution in [0.15, 0.2) is 24.3 Å². The van der Waals surface area contributed by atoms with Crippen LogP contribution in [0.25, 0.3) is 0 Å². The molecule has 336 valence electrons. The van der Waals surface area contributed by atoms with E-state index in [1.54, 1.807) is 4.90 Å². The standard InChI is InChI=1S/C45H86N2O9S/c1-3-5-7-9-11-13-15-17-19-21-23-25-27-29-31-33-43(50)55-42(41-54-40-37-47(35-38-48)36-39-49)45(57(46,52)53)56-44(51)34-32-30-28-26-24-22-20-18-16-14-12-10-8-6-4-2/h17-20,42,45,48-49H,3-16,21-41H2,1-2H3,(H2,46,52,53)/b19-17-,20-18-. The molecule has 2 atom stereocenters. The van der Waals surface area contributed by atoms with Crippen molar-refractivity contribution in [1.29, 1.82) is 0 Å². The van der Waals surface area contributed by atoms with E-state index in [4.69, 9.17) is 19.3 Å². The summed E-state index contributed by atoms with van der Waals surface area (Å²) in [7, 11) is -4.47. The number of ether oxygens (including phenoxy) is 3. The SMILES string of the molecule is CCCCCCCC/C=C\CCCCCCCC(=O)OC(COCCN(CCO)CCO)C(OC(=O)CCCCCCC/C=C\CCCCCCCC)S(N)(=O)=O. The number of allylic oxidation sites excluding steroid dienone is 4. The number of sulfonamides is 1. The summed E-state index contributed by atoms with van der Waals surface area (Å²) in [4.78, 5) is 27.5. The molecule has 0 aromatic heterocycles. The van der Waals surface area contributed by atoms with Gasteiger partial charge in [-0.05, 0) is 64.2 Å². The number of unbranched alkanes of at least 4 members (excludes halogenated alkanes) is 22. The van der Waals surface area contributed by atoms with Gasteiger partial charge in [0.2, 0.25) is 0 Å². The normalized spacial score (nSPS) is 13.2. The number of hydrogen-bond donors (Lipinski definition) is 3. The number of nitrogens with zero attached hydrogens (tertiary/aromatic N) is 1. The smallest absolute Gasteiger partial charge is 0.307 e. The molecule has 12 heteroatoms. The Balaban J connectivity index is 4.78. The van der Waals surface area contributed by atoms with Crippen LogP contribution in [0.1, 0.15) is 194 Å². The van der Waals surface area contributed by atoms with Crippen molar-refractivity contribution in [3.05, 3.63) is 24.3 Å². The summed E-state index contributed by atoms with van der Waals surface area (Å²) < 4.78 is 42.1. The van der Waals surface area contributed by atoms with Gasteiger partial charge in [0.1, 0.15) is 0 Å². The molecule has 0 radical (unpaired) electrons. The Morgan fingerprint density at radius 1 is 0.561 bits per heavy atom. The van der Waals surface area contributed by atoms with E-state index in [-0.39, 0.29) is 39.3 Å². The summed E-state index contributed by atoms with van der Waals surface area (Å²) in [5, 5.41) is 24.1. The third-order valence-corrected chi connectivity index (χ3v) is 11.2. The third-order valence-electron chi connectivity index (χ3n) is 10.1. The largest absolute Gasteiger partial charge is 0.455 e. The monoisotopic (exact) mass is 831 g/mol. The maximum Gasteiger partial charge on any atom is 0.307 e. The first kappa shape index (κ1) is 55.2. The Kier molecular flexibility index (Phi) is 39.6. The zero-order valence-electron chi connectivity index (χ0n) is 36.4. The molecule has 0 spiro atoms. The molecule has 0 aliphatic heterocycles. The topological polar surface area (TPSA) is 166 Å². The lowest BCUT2D eigenvalue weighted by atomic mass is 10.1. The van der Waals surface area contributed by atoms with Gasteiger partial charge < -0.3 is 24.4 Å². The van der Waals surface area contributed by atoms with Crippen molar-refractivity contribution in [2.75, 3.05) is 46.1 Å². The molecule has 0 amide bonds. The predicted octanol–water partition coefficient (Wildman–Crippen LogP) is 9.43. The van der Waals surface area contributed by atoms with Crippen LogP contribution >= 0.6 is 0 Å². The van der Waals surface area contributed by atoms with Crippen LogP contribution in [0, 0.1) is 0 Å². The van der Waals surface area contributed by atoms with Crippen LogP contribution < -0.4 is 5.14 Å².